The van der Waals surface area contributed by atoms with Crippen LogP contribution in [0.3, 0.4) is 0 Å². The molecule has 0 saturated carbocycles. The molecule has 2 aliphatic rings. The third kappa shape index (κ3) is 4.22. The maximum atomic E-state index is 12.3. The molecule has 150 valence electrons. The number of carbonyl (C=O) groups excluding carboxylic acids is 3. The lowest BCUT2D eigenvalue weighted by Gasteiger charge is -2.14. The summed E-state index contributed by atoms with van der Waals surface area (Å²) in [7, 11) is 1.48. The number of carbonyl (C=O) groups is 3. The quantitative estimate of drug-likeness (QED) is 0.677. The first-order valence-electron chi connectivity index (χ1n) is 9.22. The Bertz CT molecular complexity index is 936. The Kier molecular flexibility index (Phi) is 5.44. The van der Waals surface area contributed by atoms with Gasteiger partial charge in [0, 0.05) is 19.2 Å². The second-order valence-corrected chi connectivity index (χ2v) is 7.91. The highest BCUT2D eigenvalue weighted by Gasteiger charge is 2.42. The molecular weight excluding hydrogens is 392 g/mol. The van der Waals surface area contributed by atoms with Gasteiger partial charge >= 0.3 is 6.09 Å². The normalized spacial score (nSPS) is 20.7. The van der Waals surface area contributed by atoms with E-state index < -0.39 is 5.25 Å². The smallest absolute Gasteiger partial charge is 0.410 e. The molecule has 1 unspecified atom stereocenters. The Labute approximate surface area is 172 Å². The Morgan fingerprint density at radius 1 is 1.10 bits per heavy atom. The lowest BCUT2D eigenvalue weighted by atomic mass is 10.1. The summed E-state index contributed by atoms with van der Waals surface area (Å²) in [6, 6.07) is 16.6. The first-order valence-corrected chi connectivity index (χ1v) is 10.1. The largest absolute Gasteiger partial charge is 0.491 e. The van der Waals surface area contributed by atoms with Crippen LogP contribution in [-0.4, -0.2) is 53.3 Å². The van der Waals surface area contributed by atoms with Gasteiger partial charge in [-0.05, 0) is 23.4 Å². The highest BCUT2D eigenvalue weighted by atomic mass is 32.2. The van der Waals surface area contributed by atoms with Crippen molar-refractivity contribution in [1.82, 2.24) is 9.80 Å². The van der Waals surface area contributed by atoms with E-state index >= 15 is 0 Å². The number of rotatable bonds is 6. The van der Waals surface area contributed by atoms with E-state index in [1.807, 2.05) is 42.5 Å². The molecule has 2 atom stereocenters. The zero-order valence-corrected chi connectivity index (χ0v) is 16.6. The van der Waals surface area contributed by atoms with E-state index in [0.29, 0.717) is 24.5 Å². The van der Waals surface area contributed by atoms with E-state index in [-0.39, 0.29) is 29.9 Å². The highest BCUT2D eigenvalue weighted by Crippen LogP contribution is 2.42. The van der Waals surface area contributed by atoms with Gasteiger partial charge in [0.15, 0.2) is 0 Å². The third-order valence-corrected chi connectivity index (χ3v) is 6.00. The Morgan fingerprint density at radius 2 is 1.83 bits per heavy atom. The second-order valence-electron chi connectivity index (χ2n) is 6.86. The topological polar surface area (TPSA) is 75.9 Å². The van der Waals surface area contributed by atoms with Crippen LogP contribution in [0.15, 0.2) is 54.6 Å². The van der Waals surface area contributed by atoms with Crippen LogP contribution in [0.1, 0.15) is 16.4 Å². The van der Waals surface area contributed by atoms with Crippen LogP contribution in [0, 0.1) is 0 Å². The van der Waals surface area contributed by atoms with Crippen LogP contribution in [0.25, 0.3) is 0 Å². The number of benzene rings is 2. The lowest BCUT2D eigenvalue weighted by Crippen LogP contribution is -2.24. The Balaban J connectivity index is 1.31. The van der Waals surface area contributed by atoms with Gasteiger partial charge in [-0.25, -0.2) is 4.79 Å². The molecule has 0 aliphatic carbocycles. The summed E-state index contributed by atoms with van der Waals surface area (Å²) in [4.78, 5) is 39.0. The molecule has 2 saturated heterocycles. The van der Waals surface area contributed by atoms with Gasteiger partial charge in [0.25, 0.3) is 5.24 Å². The van der Waals surface area contributed by atoms with Crippen molar-refractivity contribution in [3.63, 3.8) is 0 Å². The van der Waals surface area contributed by atoms with Crippen LogP contribution >= 0.6 is 11.8 Å². The zero-order chi connectivity index (χ0) is 20.4. The molecular formula is C21H20N2O5S. The fourth-order valence-electron chi connectivity index (χ4n) is 3.06. The van der Waals surface area contributed by atoms with Crippen LogP contribution in [0.2, 0.25) is 0 Å². The second kappa shape index (κ2) is 8.16. The number of hydrogen-bond acceptors (Lipinski definition) is 6. The van der Waals surface area contributed by atoms with E-state index in [4.69, 9.17) is 9.47 Å². The highest BCUT2D eigenvalue weighted by molar-refractivity contribution is 8.15. The summed E-state index contributed by atoms with van der Waals surface area (Å²) in [5, 5.41) is -0.876. The molecule has 0 N–H and O–H groups in total. The lowest BCUT2D eigenvalue weighted by molar-refractivity contribution is -0.125. The minimum absolute atomic E-state index is 0.0671. The molecule has 7 nitrogen and oxygen atoms in total. The summed E-state index contributed by atoms with van der Waals surface area (Å²) >= 11 is 0.982. The predicted octanol–water partition coefficient (Wildman–Crippen LogP) is 3.45. The zero-order valence-electron chi connectivity index (χ0n) is 15.8. The Morgan fingerprint density at radius 3 is 2.55 bits per heavy atom. The van der Waals surface area contributed by atoms with E-state index in [2.05, 4.69) is 0 Å². The number of hydrogen-bond donors (Lipinski definition) is 0. The van der Waals surface area contributed by atoms with Crippen molar-refractivity contribution in [2.45, 2.75) is 17.9 Å². The van der Waals surface area contributed by atoms with Gasteiger partial charge in [0.1, 0.15) is 24.2 Å². The van der Waals surface area contributed by atoms with Crippen molar-refractivity contribution in [3.05, 3.63) is 65.7 Å². The summed E-state index contributed by atoms with van der Waals surface area (Å²) in [5.41, 5.74) is 1.60. The summed E-state index contributed by atoms with van der Waals surface area (Å²) in [6.07, 6.45) is -0.371. The Hall–Kier alpha value is -3.00. The average molecular weight is 412 g/mol. The molecule has 2 aromatic rings. The minimum atomic E-state index is -0.602. The molecule has 2 aromatic carbocycles. The van der Waals surface area contributed by atoms with E-state index in [1.54, 1.807) is 17.0 Å². The number of ether oxygens (including phenoxy) is 2. The van der Waals surface area contributed by atoms with Gasteiger partial charge in [-0.15, -0.1) is 0 Å². The maximum Gasteiger partial charge on any atom is 0.410 e. The van der Waals surface area contributed by atoms with Crippen LogP contribution in [0.5, 0.6) is 5.75 Å². The molecule has 2 aliphatic heterocycles. The molecule has 29 heavy (non-hydrogen) atoms. The molecule has 2 fully saturated rings. The number of amides is 3. The number of thioether (sulfide) groups is 1. The van der Waals surface area contributed by atoms with Crippen LogP contribution in [0.4, 0.5) is 9.59 Å². The minimum Gasteiger partial charge on any atom is -0.491 e. The number of imide groups is 1. The number of nitrogens with zero attached hydrogens (tertiary/aromatic N) is 2. The molecule has 3 amide bonds. The van der Waals surface area contributed by atoms with Crippen molar-refractivity contribution >= 4 is 29.0 Å². The summed E-state index contributed by atoms with van der Waals surface area (Å²) < 4.78 is 11.2. The van der Waals surface area contributed by atoms with Crippen molar-refractivity contribution in [1.29, 1.82) is 0 Å². The molecule has 4 rings (SSSR count). The average Bonchev–Trinajstić information content (AvgIpc) is 3.49. The van der Waals surface area contributed by atoms with Crippen molar-refractivity contribution < 1.29 is 23.9 Å². The fraction of sp³-hybridized carbons (Fsp3) is 0.286. The molecule has 0 spiro atoms. The van der Waals surface area contributed by atoms with Gasteiger partial charge in [0.2, 0.25) is 5.91 Å². The fourth-order valence-corrected chi connectivity index (χ4v) is 4.09. The van der Waals surface area contributed by atoms with Crippen LogP contribution < -0.4 is 4.74 Å². The first-order chi connectivity index (χ1) is 14.0. The molecule has 0 bridgehead atoms. The van der Waals surface area contributed by atoms with Crippen LogP contribution in [-0.2, 0) is 16.1 Å². The molecule has 8 heteroatoms. The first kappa shape index (κ1) is 19.3. The maximum absolute atomic E-state index is 12.3. The molecule has 2 heterocycles. The van der Waals surface area contributed by atoms with Crippen molar-refractivity contribution in [2.24, 2.45) is 0 Å². The van der Waals surface area contributed by atoms with Gasteiger partial charge in [0.05, 0.1) is 6.04 Å². The number of likely N-dealkylation sites (N-methyl/N-ethyl adjacent to an activating group) is 1. The van der Waals surface area contributed by atoms with Crippen molar-refractivity contribution in [3.8, 4) is 5.75 Å². The number of para-hydroxylation sites is 1. The van der Waals surface area contributed by atoms with Gasteiger partial charge in [-0.3, -0.25) is 19.4 Å². The SMILES string of the molecule is CN1C(=O)SC(c2ccccc2OC[C@@H]2CN2C(=O)OCc2ccccc2)C1=O. The van der Waals surface area contributed by atoms with Gasteiger partial charge in [-0.1, -0.05) is 48.5 Å². The van der Waals surface area contributed by atoms with Gasteiger partial charge < -0.3 is 9.47 Å². The third-order valence-electron chi connectivity index (χ3n) is 4.83. The van der Waals surface area contributed by atoms with E-state index in [1.165, 1.54) is 7.05 Å². The van der Waals surface area contributed by atoms with E-state index in [0.717, 1.165) is 22.2 Å². The van der Waals surface area contributed by atoms with Gasteiger partial charge in [-0.2, -0.15) is 0 Å². The standard InChI is InChI=1S/C21H20N2O5S/c1-22-19(24)18(29-21(22)26)16-9-5-6-10-17(16)27-13-15-11-23(15)20(25)28-12-14-7-3-2-4-8-14/h2-10,15,18H,11-13H2,1H3/t15-,18?,23?/m0/s1. The monoisotopic (exact) mass is 412 g/mol. The van der Waals surface area contributed by atoms with E-state index in [9.17, 15) is 14.4 Å². The summed E-state index contributed by atoms with van der Waals surface area (Å²) in [5.74, 6) is 0.291. The molecule has 0 radical (unpaired) electrons. The van der Waals surface area contributed by atoms with Crippen molar-refractivity contribution in [2.75, 3.05) is 20.2 Å². The summed E-state index contributed by atoms with van der Waals surface area (Å²) in [6.45, 7) is 1.09. The predicted molar refractivity (Wildman–Crippen MR) is 108 cm³/mol. The molecule has 0 aromatic heterocycles.